The highest BCUT2D eigenvalue weighted by Crippen LogP contribution is 2.19. The summed E-state index contributed by atoms with van der Waals surface area (Å²) in [5.74, 6) is 0. The Balaban J connectivity index is 2.83. The van der Waals surface area contributed by atoms with Gasteiger partial charge in [-0.2, -0.15) is 0 Å². The van der Waals surface area contributed by atoms with Crippen molar-refractivity contribution < 1.29 is 0 Å². The van der Waals surface area contributed by atoms with Crippen molar-refractivity contribution in [3.05, 3.63) is 42.5 Å². The Morgan fingerprint density at radius 2 is 2.19 bits per heavy atom. The van der Waals surface area contributed by atoms with E-state index in [2.05, 4.69) is 62.1 Å². The maximum absolute atomic E-state index is 3.89. The molecule has 16 heavy (non-hydrogen) atoms. The highest BCUT2D eigenvalue weighted by molar-refractivity contribution is 5.48. The van der Waals surface area contributed by atoms with E-state index in [1.807, 2.05) is 6.08 Å². The van der Waals surface area contributed by atoms with Crippen molar-refractivity contribution >= 4 is 5.69 Å². The van der Waals surface area contributed by atoms with Crippen LogP contribution in [0.5, 0.6) is 0 Å². The predicted octanol–water partition coefficient (Wildman–Crippen LogP) is 2.98. The van der Waals surface area contributed by atoms with Crippen LogP contribution in [-0.2, 0) is 0 Å². The fourth-order valence-electron chi connectivity index (χ4n) is 1.63. The molecule has 0 aromatic heterocycles. The van der Waals surface area contributed by atoms with Crippen LogP contribution in [0.15, 0.2) is 36.9 Å². The Labute approximate surface area is 99.0 Å². The second kappa shape index (κ2) is 6.33. The molecule has 0 amide bonds. The third-order valence-corrected chi connectivity index (χ3v) is 2.60. The first-order valence-electron chi connectivity index (χ1n) is 5.82. The van der Waals surface area contributed by atoms with E-state index in [0.29, 0.717) is 0 Å². The highest BCUT2D eigenvalue weighted by Gasteiger charge is 2.06. The zero-order valence-electron chi connectivity index (χ0n) is 10.5. The molecule has 0 fully saturated rings. The van der Waals surface area contributed by atoms with Crippen LogP contribution in [0.2, 0.25) is 0 Å². The van der Waals surface area contributed by atoms with Crippen molar-refractivity contribution in [2.24, 2.45) is 0 Å². The highest BCUT2D eigenvalue weighted by atomic mass is 15.1. The minimum Gasteiger partial charge on any atom is -0.378 e. The molecule has 88 valence electrons. The van der Waals surface area contributed by atoms with Gasteiger partial charge in [0.25, 0.3) is 0 Å². The molecule has 1 rings (SSSR count). The maximum Gasteiger partial charge on any atom is 0.0504 e. The largest absolute Gasteiger partial charge is 0.378 e. The molecule has 1 aromatic carbocycles. The molecule has 0 heterocycles. The quantitative estimate of drug-likeness (QED) is 0.738. The van der Waals surface area contributed by atoms with Gasteiger partial charge in [0.15, 0.2) is 0 Å². The number of anilines is 1. The number of hydrogen-bond acceptors (Lipinski definition) is 2. The predicted molar refractivity (Wildman–Crippen MR) is 72.0 cm³/mol. The molecule has 0 bridgehead atoms. The number of nitrogens with one attached hydrogen (secondary N) is 1. The van der Waals surface area contributed by atoms with Gasteiger partial charge in [0, 0.05) is 19.8 Å². The first kappa shape index (κ1) is 12.8. The minimum atomic E-state index is 0.250. The molecule has 0 spiro atoms. The molecular weight excluding hydrogens is 196 g/mol. The summed E-state index contributed by atoms with van der Waals surface area (Å²) in [6.45, 7) is 7.08. The summed E-state index contributed by atoms with van der Waals surface area (Å²) >= 11 is 0. The zero-order chi connectivity index (χ0) is 12.0. The van der Waals surface area contributed by atoms with Gasteiger partial charge in [0.1, 0.15) is 0 Å². The SMILES string of the molecule is C=CC(NCCC)c1cccc(N(C)C)c1. The van der Waals surface area contributed by atoms with Crippen LogP contribution in [0.3, 0.4) is 0 Å². The lowest BCUT2D eigenvalue weighted by Gasteiger charge is -2.18. The second-order valence-corrected chi connectivity index (χ2v) is 4.16. The van der Waals surface area contributed by atoms with Crippen LogP contribution in [0.25, 0.3) is 0 Å². The van der Waals surface area contributed by atoms with Crippen LogP contribution in [0, 0.1) is 0 Å². The zero-order valence-corrected chi connectivity index (χ0v) is 10.5. The van der Waals surface area contributed by atoms with Gasteiger partial charge in [-0.1, -0.05) is 25.1 Å². The third kappa shape index (κ3) is 3.38. The Morgan fingerprint density at radius 3 is 2.75 bits per heavy atom. The number of rotatable bonds is 6. The molecule has 0 aliphatic heterocycles. The molecule has 1 aromatic rings. The average Bonchev–Trinajstić information content (AvgIpc) is 2.30. The van der Waals surface area contributed by atoms with Gasteiger partial charge in [-0.3, -0.25) is 0 Å². The molecule has 1 unspecified atom stereocenters. The van der Waals surface area contributed by atoms with Gasteiger partial charge in [-0.25, -0.2) is 0 Å². The summed E-state index contributed by atoms with van der Waals surface area (Å²) in [6, 6.07) is 8.80. The van der Waals surface area contributed by atoms with Crippen LogP contribution < -0.4 is 10.2 Å². The molecule has 1 N–H and O–H groups in total. The van der Waals surface area contributed by atoms with Crippen molar-refractivity contribution in [1.82, 2.24) is 5.32 Å². The van der Waals surface area contributed by atoms with Gasteiger partial charge in [0.05, 0.1) is 6.04 Å². The summed E-state index contributed by atoms with van der Waals surface area (Å²) in [6.07, 6.45) is 3.10. The Bertz CT molecular complexity index is 331. The summed E-state index contributed by atoms with van der Waals surface area (Å²) in [7, 11) is 4.11. The van der Waals surface area contributed by atoms with E-state index < -0.39 is 0 Å². The van der Waals surface area contributed by atoms with Gasteiger partial charge in [0.2, 0.25) is 0 Å². The van der Waals surface area contributed by atoms with Crippen LogP contribution in [-0.4, -0.2) is 20.6 Å². The van der Waals surface area contributed by atoms with Crippen molar-refractivity contribution in [3.8, 4) is 0 Å². The third-order valence-electron chi connectivity index (χ3n) is 2.60. The molecule has 2 nitrogen and oxygen atoms in total. The maximum atomic E-state index is 3.89. The van der Waals surface area contributed by atoms with E-state index >= 15 is 0 Å². The summed E-state index contributed by atoms with van der Waals surface area (Å²) in [4.78, 5) is 2.11. The van der Waals surface area contributed by atoms with Crippen molar-refractivity contribution in [1.29, 1.82) is 0 Å². The fraction of sp³-hybridized carbons (Fsp3) is 0.429. The Hall–Kier alpha value is -1.28. The Morgan fingerprint density at radius 1 is 1.44 bits per heavy atom. The summed E-state index contributed by atoms with van der Waals surface area (Å²) in [5, 5.41) is 3.46. The lowest BCUT2D eigenvalue weighted by Crippen LogP contribution is -2.20. The lowest BCUT2D eigenvalue weighted by molar-refractivity contribution is 0.613. The van der Waals surface area contributed by atoms with E-state index in [1.165, 1.54) is 11.3 Å². The topological polar surface area (TPSA) is 15.3 Å². The fourth-order valence-corrected chi connectivity index (χ4v) is 1.63. The average molecular weight is 218 g/mol. The molecule has 0 saturated carbocycles. The minimum absolute atomic E-state index is 0.250. The monoisotopic (exact) mass is 218 g/mol. The van der Waals surface area contributed by atoms with E-state index in [-0.39, 0.29) is 6.04 Å². The normalized spacial score (nSPS) is 12.2. The van der Waals surface area contributed by atoms with Crippen molar-refractivity contribution in [2.75, 3.05) is 25.5 Å². The lowest BCUT2D eigenvalue weighted by atomic mass is 10.1. The van der Waals surface area contributed by atoms with E-state index in [9.17, 15) is 0 Å². The van der Waals surface area contributed by atoms with Crippen LogP contribution >= 0.6 is 0 Å². The van der Waals surface area contributed by atoms with Crippen LogP contribution in [0.1, 0.15) is 24.9 Å². The van der Waals surface area contributed by atoms with Gasteiger partial charge in [-0.15, -0.1) is 6.58 Å². The van der Waals surface area contributed by atoms with Crippen molar-refractivity contribution in [3.63, 3.8) is 0 Å². The first-order valence-corrected chi connectivity index (χ1v) is 5.82. The first-order chi connectivity index (χ1) is 7.69. The van der Waals surface area contributed by atoms with Gasteiger partial charge >= 0.3 is 0 Å². The molecule has 0 aliphatic carbocycles. The van der Waals surface area contributed by atoms with Crippen LogP contribution in [0.4, 0.5) is 5.69 Å². The van der Waals surface area contributed by atoms with Gasteiger partial charge < -0.3 is 10.2 Å². The van der Waals surface area contributed by atoms with Crippen molar-refractivity contribution in [2.45, 2.75) is 19.4 Å². The molecule has 0 saturated heterocycles. The summed E-state index contributed by atoms with van der Waals surface area (Å²) < 4.78 is 0. The number of benzene rings is 1. The standard InChI is InChI=1S/C14H22N2/c1-5-10-15-14(6-2)12-8-7-9-13(11-12)16(3)4/h6-9,11,14-15H,2,5,10H2,1,3-4H3. The molecule has 0 aliphatic rings. The molecule has 2 heteroatoms. The van der Waals surface area contributed by atoms with E-state index in [0.717, 1.165) is 13.0 Å². The number of nitrogens with zero attached hydrogens (tertiary/aromatic N) is 1. The summed E-state index contributed by atoms with van der Waals surface area (Å²) in [5.41, 5.74) is 2.50. The van der Waals surface area contributed by atoms with Gasteiger partial charge in [-0.05, 0) is 30.7 Å². The smallest absolute Gasteiger partial charge is 0.0504 e. The van der Waals surface area contributed by atoms with E-state index in [1.54, 1.807) is 0 Å². The molecule has 1 atom stereocenters. The number of hydrogen-bond donors (Lipinski definition) is 1. The molecule has 0 radical (unpaired) electrons. The Kier molecular flexibility index (Phi) is 5.06. The second-order valence-electron chi connectivity index (χ2n) is 4.16. The van der Waals surface area contributed by atoms with E-state index in [4.69, 9.17) is 0 Å². The molecular formula is C14H22N2.